The standard InChI is InChI=1S/C15H20N2O3S/c1-16-8-3-4-12(16)10-17(2)15(20)14-11(7-9-21-14)5-6-13(18)19/h5-7,9,12H,3-4,8,10H2,1-2H3,(H,18,19). The van der Waals surface area contributed by atoms with Gasteiger partial charge in [-0.05, 0) is 49.5 Å². The Balaban J connectivity index is 2.05. The van der Waals surface area contributed by atoms with Crippen molar-refractivity contribution in [3.63, 3.8) is 0 Å². The van der Waals surface area contributed by atoms with Gasteiger partial charge in [-0.3, -0.25) is 4.79 Å². The molecular weight excluding hydrogens is 288 g/mol. The number of thiophene rings is 1. The molecule has 1 aliphatic heterocycles. The molecule has 2 rings (SSSR count). The number of hydrogen-bond donors (Lipinski definition) is 1. The third kappa shape index (κ3) is 3.92. The summed E-state index contributed by atoms with van der Waals surface area (Å²) in [7, 11) is 3.89. The minimum Gasteiger partial charge on any atom is -0.478 e. The lowest BCUT2D eigenvalue weighted by Gasteiger charge is -2.25. The third-order valence-corrected chi connectivity index (χ3v) is 4.72. The zero-order chi connectivity index (χ0) is 15.4. The summed E-state index contributed by atoms with van der Waals surface area (Å²) in [4.78, 5) is 27.7. The normalized spacial score (nSPS) is 19.2. The van der Waals surface area contributed by atoms with E-state index in [1.54, 1.807) is 18.0 Å². The number of carboxylic acids is 1. The molecule has 6 heteroatoms. The molecule has 1 aromatic heterocycles. The van der Waals surface area contributed by atoms with Crippen molar-refractivity contribution in [2.24, 2.45) is 0 Å². The van der Waals surface area contributed by atoms with Crippen molar-refractivity contribution in [3.05, 3.63) is 28.0 Å². The maximum Gasteiger partial charge on any atom is 0.328 e. The number of likely N-dealkylation sites (N-methyl/N-ethyl adjacent to an activating group) is 2. The lowest BCUT2D eigenvalue weighted by molar-refractivity contribution is -0.131. The molecule has 1 aliphatic rings. The Labute approximate surface area is 128 Å². The first-order valence-corrected chi connectivity index (χ1v) is 7.81. The summed E-state index contributed by atoms with van der Waals surface area (Å²) in [5, 5.41) is 10.5. The molecule has 1 aromatic rings. The molecule has 5 nitrogen and oxygen atoms in total. The van der Waals surface area contributed by atoms with Crippen LogP contribution in [0.15, 0.2) is 17.5 Å². The van der Waals surface area contributed by atoms with Crippen LogP contribution in [0, 0.1) is 0 Å². The molecule has 1 amide bonds. The van der Waals surface area contributed by atoms with E-state index in [9.17, 15) is 9.59 Å². The van der Waals surface area contributed by atoms with Gasteiger partial charge in [-0.2, -0.15) is 0 Å². The Hall–Kier alpha value is -1.66. The topological polar surface area (TPSA) is 60.9 Å². The van der Waals surface area contributed by atoms with Gasteiger partial charge >= 0.3 is 5.97 Å². The van der Waals surface area contributed by atoms with Crippen molar-refractivity contribution < 1.29 is 14.7 Å². The van der Waals surface area contributed by atoms with Crippen LogP contribution in [0.25, 0.3) is 6.08 Å². The molecule has 0 aliphatic carbocycles. The van der Waals surface area contributed by atoms with Crippen molar-refractivity contribution >= 4 is 29.3 Å². The summed E-state index contributed by atoms with van der Waals surface area (Å²) in [5.74, 6) is -1.06. The lowest BCUT2D eigenvalue weighted by atomic mass is 10.2. The van der Waals surface area contributed by atoms with Gasteiger partial charge in [0.05, 0.1) is 4.88 Å². The molecule has 1 unspecified atom stereocenters. The number of hydrogen-bond acceptors (Lipinski definition) is 4. The fraction of sp³-hybridized carbons (Fsp3) is 0.467. The Morgan fingerprint density at radius 1 is 1.57 bits per heavy atom. The molecule has 1 atom stereocenters. The molecule has 0 saturated carbocycles. The Kier molecular flexibility index (Phi) is 5.14. The summed E-state index contributed by atoms with van der Waals surface area (Å²) >= 11 is 1.35. The molecule has 1 saturated heterocycles. The van der Waals surface area contributed by atoms with Crippen LogP contribution in [0.1, 0.15) is 28.1 Å². The predicted molar refractivity (Wildman–Crippen MR) is 83.6 cm³/mol. The second-order valence-electron chi connectivity index (χ2n) is 5.34. The van der Waals surface area contributed by atoms with E-state index in [2.05, 4.69) is 11.9 Å². The SMILES string of the molecule is CN(CC1CCCN1C)C(=O)c1sccc1C=CC(=O)O. The average Bonchev–Trinajstić information content (AvgIpc) is 3.05. The van der Waals surface area contributed by atoms with Gasteiger partial charge in [0.2, 0.25) is 0 Å². The molecule has 0 aromatic carbocycles. The predicted octanol–water partition coefficient (Wildman–Crippen LogP) is 2.01. The number of likely N-dealkylation sites (tertiary alicyclic amines) is 1. The summed E-state index contributed by atoms with van der Waals surface area (Å²) < 4.78 is 0. The Morgan fingerprint density at radius 2 is 2.33 bits per heavy atom. The van der Waals surface area contributed by atoms with Crippen molar-refractivity contribution in [2.75, 3.05) is 27.2 Å². The van der Waals surface area contributed by atoms with Gasteiger partial charge < -0.3 is 14.9 Å². The number of carbonyl (C=O) groups excluding carboxylic acids is 1. The van der Waals surface area contributed by atoms with E-state index in [0.717, 1.165) is 19.0 Å². The number of amides is 1. The van der Waals surface area contributed by atoms with Crippen LogP contribution >= 0.6 is 11.3 Å². The number of carboxylic acid groups (broad SMARTS) is 1. The largest absolute Gasteiger partial charge is 0.478 e. The molecule has 21 heavy (non-hydrogen) atoms. The highest BCUT2D eigenvalue weighted by molar-refractivity contribution is 7.12. The number of carbonyl (C=O) groups is 2. The third-order valence-electron chi connectivity index (χ3n) is 3.80. The smallest absolute Gasteiger partial charge is 0.328 e. The number of aliphatic carboxylic acids is 1. The van der Waals surface area contributed by atoms with Crippen molar-refractivity contribution in [1.82, 2.24) is 9.80 Å². The summed E-state index contributed by atoms with van der Waals surface area (Å²) in [6, 6.07) is 2.18. The van der Waals surface area contributed by atoms with E-state index in [1.165, 1.54) is 23.8 Å². The average molecular weight is 308 g/mol. The first-order valence-electron chi connectivity index (χ1n) is 6.93. The van der Waals surface area contributed by atoms with Crippen LogP contribution in [0.5, 0.6) is 0 Å². The minimum absolute atomic E-state index is 0.0460. The number of rotatable bonds is 5. The summed E-state index contributed by atoms with van der Waals surface area (Å²) in [6.07, 6.45) is 4.82. The maximum absolute atomic E-state index is 12.5. The summed E-state index contributed by atoms with van der Waals surface area (Å²) in [6.45, 7) is 1.79. The molecule has 0 radical (unpaired) electrons. The van der Waals surface area contributed by atoms with Gasteiger partial charge in [0.15, 0.2) is 0 Å². The Morgan fingerprint density at radius 3 is 2.95 bits per heavy atom. The van der Waals surface area contributed by atoms with Crippen LogP contribution in [-0.4, -0.2) is 60.0 Å². The van der Waals surface area contributed by atoms with E-state index < -0.39 is 5.97 Å². The molecular formula is C15H20N2O3S. The lowest BCUT2D eigenvalue weighted by Crippen LogP contribution is -2.39. The highest BCUT2D eigenvalue weighted by Gasteiger charge is 2.25. The van der Waals surface area contributed by atoms with Crippen LogP contribution < -0.4 is 0 Å². The van der Waals surface area contributed by atoms with E-state index >= 15 is 0 Å². The van der Waals surface area contributed by atoms with Gasteiger partial charge in [-0.15, -0.1) is 11.3 Å². The molecule has 0 spiro atoms. The monoisotopic (exact) mass is 308 g/mol. The minimum atomic E-state index is -1.01. The second-order valence-corrected chi connectivity index (χ2v) is 6.26. The van der Waals surface area contributed by atoms with Gasteiger partial charge in [0.25, 0.3) is 5.91 Å². The highest BCUT2D eigenvalue weighted by atomic mass is 32.1. The highest BCUT2D eigenvalue weighted by Crippen LogP contribution is 2.22. The van der Waals surface area contributed by atoms with Crippen molar-refractivity contribution in [2.45, 2.75) is 18.9 Å². The molecule has 1 N–H and O–H groups in total. The zero-order valence-electron chi connectivity index (χ0n) is 12.3. The quantitative estimate of drug-likeness (QED) is 0.845. The molecule has 1 fully saturated rings. The molecule has 114 valence electrons. The van der Waals surface area contributed by atoms with E-state index in [1.807, 2.05) is 5.38 Å². The maximum atomic E-state index is 12.5. The molecule has 0 bridgehead atoms. The van der Waals surface area contributed by atoms with Crippen molar-refractivity contribution in [1.29, 1.82) is 0 Å². The number of nitrogens with zero attached hydrogens (tertiary/aromatic N) is 2. The van der Waals surface area contributed by atoms with E-state index in [0.29, 0.717) is 23.0 Å². The van der Waals surface area contributed by atoms with E-state index in [4.69, 9.17) is 5.11 Å². The van der Waals surface area contributed by atoms with Crippen LogP contribution in [0.4, 0.5) is 0 Å². The molecule has 2 heterocycles. The van der Waals surface area contributed by atoms with Gasteiger partial charge in [-0.1, -0.05) is 0 Å². The second kappa shape index (κ2) is 6.87. The van der Waals surface area contributed by atoms with Crippen LogP contribution in [0.3, 0.4) is 0 Å². The fourth-order valence-corrected chi connectivity index (χ4v) is 3.45. The first kappa shape index (κ1) is 15.7. The van der Waals surface area contributed by atoms with E-state index in [-0.39, 0.29) is 5.91 Å². The van der Waals surface area contributed by atoms with Crippen molar-refractivity contribution in [3.8, 4) is 0 Å². The van der Waals surface area contributed by atoms with Gasteiger partial charge in [-0.25, -0.2) is 4.79 Å². The van der Waals surface area contributed by atoms with Crippen LogP contribution in [0.2, 0.25) is 0 Å². The summed E-state index contributed by atoms with van der Waals surface area (Å²) in [5.41, 5.74) is 0.666. The Bertz CT molecular complexity index is 553. The van der Waals surface area contributed by atoms with Crippen LogP contribution in [-0.2, 0) is 4.79 Å². The fourth-order valence-electron chi connectivity index (χ4n) is 2.57. The first-order chi connectivity index (χ1) is 9.99. The van der Waals surface area contributed by atoms with Gasteiger partial charge in [0, 0.05) is 25.7 Å². The zero-order valence-corrected chi connectivity index (χ0v) is 13.1. The van der Waals surface area contributed by atoms with Gasteiger partial charge in [0.1, 0.15) is 0 Å².